The monoisotopic (exact) mass is 258 g/mol. The molecule has 0 radical (unpaired) electrons. The van der Waals surface area contributed by atoms with Gasteiger partial charge in [-0.1, -0.05) is 12.1 Å². The Kier molecular flexibility index (Phi) is 3.36. The van der Waals surface area contributed by atoms with Gasteiger partial charge in [0, 0.05) is 31.0 Å². The first kappa shape index (κ1) is 12.4. The Labute approximate surface area is 112 Å². The van der Waals surface area contributed by atoms with Crippen molar-refractivity contribution in [3.8, 4) is 0 Å². The summed E-state index contributed by atoms with van der Waals surface area (Å²) in [7, 11) is 0. The molecule has 3 rings (SSSR count). The van der Waals surface area contributed by atoms with E-state index in [1.165, 1.54) is 0 Å². The average Bonchev–Trinajstić information content (AvgIpc) is 2.47. The Morgan fingerprint density at radius 3 is 2.79 bits per heavy atom. The molecule has 2 aliphatic rings. The average molecular weight is 258 g/mol. The van der Waals surface area contributed by atoms with Crippen LogP contribution in [-0.4, -0.2) is 36.6 Å². The van der Waals surface area contributed by atoms with Crippen molar-refractivity contribution in [2.75, 3.05) is 13.2 Å². The summed E-state index contributed by atoms with van der Waals surface area (Å²) < 4.78 is 5.40. The van der Waals surface area contributed by atoms with Gasteiger partial charge in [0.15, 0.2) is 0 Å². The van der Waals surface area contributed by atoms with Gasteiger partial charge in [-0.25, -0.2) is 0 Å². The van der Waals surface area contributed by atoms with Crippen LogP contribution in [0.25, 0.3) is 12.3 Å². The van der Waals surface area contributed by atoms with E-state index in [9.17, 15) is 4.79 Å². The lowest BCUT2D eigenvalue weighted by Crippen LogP contribution is -2.51. The fraction of sp³-hybridized carbons (Fsp3) is 0.400. The zero-order chi connectivity index (χ0) is 13.2. The highest BCUT2D eigenvalue weighted by Crippen LogP contribution is 2.17. The molecule has 1 aromatic rings. The van der Waals surface area contributed by atoms with Crippen LogP contribution in [0, 0.1) is 0 Å². The minimum absolute atomic E-state index is 0.127. The number of rotatable bonds is 2. The first-order valence-electron chi connectivity index (χ1n) is 6.67. The zero-order valence-corrected chi connectivity index (χ0v) is 10.8. The lowest BCUT2D eigenvalue weighted by Gasteiger charge is -2.37. The Bertz CT molecular complexity index is 591. The molecule has 0 aromatic heterocycles. The summed E-state index contributed by atoms with van der Waals surface area (Å²) in [5.41, 5.74) is 6.92. The van der Waals surface area contributed by atoms with Crippen LogP contribution in [0.5, 0.6) is 0 Å². The number of aldehydes is 1. The normalized spacial score (nSPS) is 23.2. The van der Waals surface area contributed by atoms with Crippen LogP contribution < -0.4 is 16.2 Å². The van der Waals surface area contributed by atoms with E-state index in [0.717, 1.165) is 42.8 Å². The maximum absolute atomic E-state index is 10.8. The molecule has 0 saturated carbocycles. The zero-order valence-electron chi connectivity index (χ0n) is 10.8. The molecule has 1 unspecified atom stereocenters. The molecule has 1 fully saturated rings. The minimum atomic E-state index is -0.127. The molecule has 0 spiro atoms. The number of hydrogen-bond acceptors (Lipinski definition) is 4. The summed E-state index contributed by atoms with van der Waals surface area (Å²) in [5, 5.41) is 2.17. The second-order valence-electron chi connectivity index (χ2n) is 5.08. The van der Waals surface area contributed by atoms with E-state index in [1.54, 1.807) is 0 Å². The number of nitrogens with zero attached hydrogens (tertiary/aromatic N) is 1. The molecule has 1 aromatic carbocycles. The highest BCUT2D eigenvalue weighted by atomic mass is 16.5. The molecule has 0 amide bonds. The molecule has 1 atom stereocenters. The van der Waals surface area contributed by atoms with Gasteiger partial charge in [0.2, 0.25) is 0 Å². The van der Waals surface area contributed by atoms with E-state index in [1.807, 2.05) is 24.3 Å². The molecule has 4 nitrogen and oxygen atoms in total. The summed E-state index contributed by atoms with van der Waals surface area (Å²) in [4.78, 5) is 13.0. The maximum atomic E-state index is 10.8. The van der Waals surface area contributed by atoms with Crippen molar-refractivity contribution in [1.82, 2.24) is 4.90 Å². The van der Waals surface area contributed by atoms with E-state index in [4.69, 9.17) is 10.5 Å². The molecule has 2 heterocycles. The number of hydrogen-bond donors (Lipinski definition) is 1. The van der Waals surface area contributed by atoms with Crippen LogP contribution in [-0.2, 0) is 4.74 Å². The smallest absolute Gasteiger partial charge is 0.150 e. The number of ether oxygens (including phenoxy) is 1. The predicted molar refractivity (Wildman–Crippen MR) is 73.7 cm³/mol. The van der Waals surface area contributed by atoms with Crippen LogP contribution in [0.4, 0.5) is 0 Å². The lowest BCUT2D eigenvalue weighted by atomic mass is 10.0. The van der Waals surface area contributed by atoms with Crippen molar-refractivity contribution in [3.05, 3.63) is 34.2 Å². The van der Waals surface area contributed by atoms with Gasteiger partial charge < -0.3 is 15.4 Å². The Morgan fingerprint density at radius 1 is 1.26 bits per heavy atom. The van der Waals surface area contributed by atoms with E-state index in [2.05, 4.69) is 11.1 Å². The fourth-order valence-corrected chi connectivity index (χ4v) is 2.78. The minimum Gasteiger partial charge on any atom is -0.381 e. The Hall–Kier alpha value is -1.65. The second-order valence-corrected chi connectivity index (χ2v) is 5.08. The standard InChI is InChI=1S/C15H18N2O2/c16-15-8-13-7-11(10-18)1-2-12(13)9-17(15)14-3-5-19-6-4-14/h1-2,7-10,14-15H,3-6,16H2. The molecule has 100 valence electrons. The van der Waals surface area contributed by atoms with Gasteiger partial charge in [0.05, 0.1) is 6.17 Å². The number of fused-ring (bicyclic) bond motifs is 1. The largest absolute Gasteiger partial charge is 0.381 e. The van der Waals surface area contributed by atoms with Crippen LogP contribution in [0.3, 0.4) is 0 Å². The molecule has 0 aliphatic carbocycles. The van der Waals surface area contributed by atoms with Crippen molar-refractivity contribution < 1.29 is 9.53 Å². The first-order valence-corrected chi connectivity index (χ1v) is 6.67. The third-order valence-corrected chi connectivity index (χ3v) is 3.84. The summed E-state index contributed by atoms with van der Waals surface area (Å²) in [5.74, 6) is 0. The third kappa shape index (κ3) is 2.41. The van der Waals surface area contributed by atoms with Gasteiger partial charge >= 0.3 is 0 Å². The third-order valence-electron chi connectivity index (χ3n) is 3.84. The molecule has 1 saturated heterocycles. The van der Waals surface area contributed by atoms with Crippen LogP contribution >= 0.6 is 0 Å². The van der Waals surface area contributed by atoms with Crippen molar-refractivity contribution in [2.24, 2.45) is 5.73 Å². The van der Waals surface area contributed by atoms with Gasteiger partial charge in [-0.2, -0.15) is 0 Å². The second kappa shape index (κ2) is 5.15. The van der Waals surface area contributed by atoms with Gasteiger partial charge in [-0.05, 0) is 35.4 Å². The highest BCUT2D eigenvalue weighted by molar-refractivity contribution is 5.74. The summed E-state index contributed by atoms with van der Waals surface area (Å²) in [6.45, 7) is 1.61. The predicted octanol–water partition coefficient (Wildman–Crippen LogP) is -0.203. The lowest BCUT2D eigenvalue weighted by molar-refractivity contribution is 0.0496. The number of benzene rings is 1. The van der Waals surface area contributed by atoms with Crippen molar-refractivity contribution in [2.45, 2.75) is 25.0 Å². The van der Waals surface area contributed by atoms with Gasteiger partial charge in [-0.15, -0.1) is 0 Å². The summed E-state index contributed by atoms with van der Waals surface area (Å²) >= 11 is 0. The van der Waals surface area contributed by atoms with E-state index in [0.29, 0.717) is 11.6 Å². The van der Waals surface area contributed by atoms with Crippen molar-refractivity contribution in [1.29, 1.82) is 0 Å². The van der Waals surface area contributed by atoms with Crippen LogP contribution in [0.15, 0.2) is 18.2 Å². The molecule has 2 aliphatic heterocycles. The topological polar surface area (TPSA) is 55.6 Å². The van der Waals surface area contributed by atoms with E-state index < -0.39 is 0 Å². The van der Waals surface area contributed by atoms with E-state index >= 15 is 0 Å². The molecule has 2 N–H and O–H groups in total. The number of nitrogens with two attached hydrogens (primary N) is 1. The quantitative estimate of drug-likeness (QED) is 0.746. The van der Waals surface area contributed by atoms with Crippen LogP contribution in [0.2, 0.25) is 0 Å². The van der Waals surface area contributed by atoms with Crippen LogP contribution in [0.1, 0.15) is 23.2 Å². The SMILES string of the molecule is NC1C=c2cc(C=O)ccc2=CN1C1CCOCC1. The summed E-state index contributed by atoms with van der Waals surface area (Å²) in [6, 6.07) is 6.15. The molecule has 4 heteroatoms. The Morgan fingerprint density at radius 2 is 2.05 bits per heavy atom. The van der Waals surface area contributed by atoms with E-state index in [-0.39, 0.29) is 6.17 Å². The fourth-order valence-electron chi connectivity index (χ4n) is 2.78. The Balaban J connectivity index is 1.97. The van der Waals surface area contributed by atoms with Crippen molar-refractivity contribution in [3.63, 3.8) is 0 Å². The van der Waals surface area contributed by atoms with Gasteiger partial charge in [-0.3, -0.25) is 4.79 Å². The summed E-state index contributed by atoms with van der Waals surface area (Å²) in [6.07, 6.45) is 6.91. The number of carbonyl (C=O) groups excluding carboxylic acids is 1. The maximum Gasteiger partial charge on any atom is 0.150 e. The van der Waals surface area contributed by atoms with Gasteiger partial charge in [0.1, 0.15) is 6.29 Å². The molecule has 19 heavy (non-hydrogen) atoms. The van der Waals surface area contributed by atoms with Crippen molar-refractivity contribution >= 4 is 18.6 Å². The first-order chi connectivity index (χ1) is 9.28. The number of carbonyl (C=O) groups is 1. The highest BCUT2D eigenvalue weighted by Gasteiger charge is 2.23. The molecular weight excluding hydrogens is 240 g/mol. The molecular formula is C15H18N2O2. The molecule has 0 bridgehead atoms. The van der Waals surface area contributed by atoms with Gasteiger partial charge in [0.25, 0.3) is 0 Å².